The molecule has 2 aromatic heterocycles. The van der Waals surface area contributed by atoms with Crippen molar-refractivity contribution in [1.29, 1.82) is 0 Å². The lowest BCUT2D eigenvalue weighted by Crippen LogP contribution is -2.37. The normalized spacial score (nSPS) is 11.0. The number of rotatable bonds is 8. The van der Waals surface area contributed by atoms with Gasteiger partial charge in [-0.2, -0.15) is 11.3 Å². The summed E-state index contributed by atoms with van der Waals surface area (Å²) in [5.74, 6) is 0.361. The molecule has 0 aromatic carbocycles. The molecular formula is C17H22N2O4S. The van der Waals surface area contributed by atoms with Crippen LogP contribution in [0.25, 0.3) is 11.5 Å². The Morgan fingerprint density at radius 3 is 2.75 bits per heavy atom. The van der Waals surface area contributed by atoms with Crippen molar-refractivity contribution in [2.45, 2.75) is 33.6 Å². The van der Waals surface area contributed by atoms with E-state index in [0.29, 0.717) is 23.9 Å². The Hall–Kier alpha value is -2.15. The van der Waals surface area contributed by atoms with E-state index in [1.54, 1.807) is 23.2 Å². The number of hydrogen-bond acceptors (Lipinski definition) is 5. The average Bonchev–Trinajstić information content (AvgIpc) is 3.13. The number of aliphatic carboxylic acids is 1. The third kappa shape index (κ3) is 4.92. The molecular weight excluding hydrogens is 328 g/mol. The van der Waals surface area contributed by atoms with Crippen LogP contribution in [0, 0.1) is 12.8 Å². The van der Waals surface area contributed by atoms with Crippen molar-refractivity contribution in [3.8, 4) is 11.5 Å². The third-order valence-electron chi connectivity index (χ3n) is 3.51. The maximum absolute atomic E-state index is 12.6. The fourth-order valence-electron chi connectivity index (χ4n) is 2.35. The van der Waals surface area contributed by atoms with Gasteiger partial charge in [-0.25, -0.2) is 4.98 Å². The van der Waals surface area contributed by atoms with Crippen LogP contribution >= 0.6 is 11.3 Å². The summed E-state index contributed by atoms with van der Waals surface area (Å²) in [5.41, 5.74) is 1.50. The van der Waals surface area contributed by atoms with Crippen LogP contribution in [0.5, 0.6) is 0 Å². The molecule has 7 heteroatoms. The van der Waals surface area contributed by atoms with E-state index in [2.05, 4.69) is 4.98 Å². The van der Waals surface area contributed by atoms with Crippen LogP contribution in [0.2, 0.25) is 0 Å². The van der Waals surface area contributed by atoms with E-state index in [1.165, 1.54) is 0 Å². The number of hydrogen-bond donors (Lipinski definition) is 1. The minimum atomic E-state index is -0.908. The first-order valence-electron chi connectivity index (χ1n) is 7.85. The monoisotopic (exact) mass is 350 g/mol. The molecule has 2 heterocycles. The number of carboxylic acids is 1. The van der Waals surface area contributed by atoms with Crippen LogP contribution < -0.4 is 0 Å². The lowest BCUT2D eigenvalue weighted by atomic mass is 10.1. The molecule has 0 aliphatic heterocycles. The van der Waals surface area contributed by atoms with Gasteiger partial charge < -0.3 is 14.4 Å². The quantitative estimate of drug-likeness (QED) is 0.790. The van der Waals surface area contributed by atoms with Crippen LogP contribution in [-0.4, -0.2) is 40.0 Å². The van der Waals surface area contributed by atoms with Crippen molar-refractivity contribution in [3.63, 3.8) is 0 Å². The van der Waals surface area contributed by atoms with E-state index >= 15 is 0 Å². The molecule has 24 heavy (non-hydrogen) atoms. The summed E-state index contributed by atoms with van der Waals surface area (Å²) in [6, 6.07) is 1.92. The Morgan fingerprint density at radius 1 is 1.42 bits per heavy atom. The highest BCUT2D eigenvalue weighted by molar-refractivity contribution is 7.08. The van der Waals surface area contributed by atoms with Gasteiger partial charge in [0.05, 0.1) is 18.5 Å². The lowest BCUT2D eigenvalue weighted by molar-refractivity contribution is -0.138. The van der Waals surface area contributed by atoms with Gasteiger partial charge in [0.25, 0.3) is 0 Å². The molecule has 0 bridgehead atoms. The topological polar surface area (TPSA) is 83.6 Å². The molecule has 1 amide bonds. The van der Waals surface area contributed by atoms with Crippen molar-refractivity contribution in [1.82, 2.24) is 9.88 Å². The fraction of sp³-hybridized carbons (Fsp3) is 0.471. The standard InChI is InChI=1S/C17H22N2O4S/c1-11(2)9-19(6-4-16(21)22)15(20)8-14-12(3)23-17(18-14)13-5-7-24-10-13/h5,7,10-11H,4,6,8-9H2,1-3H3,(H,21,22). The molecule has 2 aromatic rings. The summed E-state index contributed by atoms with van der Waals surface area (Å²) in [6.07, 6.45) is 0.0578. The van der Waals surface area contributed by atoms with E-state index in [0.717, 1.165) is 5.56 Å². The Labute approximate surface area is 145 Å². The molecule has 0 radical (unpaired) electrons. The third-order valence-corrected chi connectivity index (χ3v) is 4.20. The summed E-state index contributed by atoms with van der Waals surface area (Å²) < 4.78 is 5.65. The second-order valence-electron chi connectivity index (χ2n) is 6.09. The summed E-state index contributed by atoms with van der Waals surface area (Å²) >= 11 is 1.55. The highest BCUT2D eigenvalue weighted by Gasteiger charge is 2.20. The first kappa shape index (κ1) is 18.2. The van der Waals surface area contributed by atoms with Gasteiger partial charge in [-0.15, -0.1) is 0 Å². The maximum Gasteiger partial charge on any atom is 0.305 e. The number of thiophene rings is 1. The molecule has 0 fully saturated rings. The van der Waals surface area contributed by atoms with Gasteiger partial charge in [-0.1, -0.05) is 13.8 Å². The number of aromatic nitrogens is 1. The van der Waals surface area contributed by atoms with Gasteiger partial charge in [0, 0.05) is 24.0 Å². The number of amides is 1. The van der Waals surface area contributed by atoms with Crippen LogP contribution in [0.4, 0.5) is 0 Å². The number of oxazole rings is 1. The lowest BCUT2D eigenvalue weighted by Gasteiger charge is -2.23. The number of carbonyl (C=O) groups excluding carboxylic acids is 1. The van der Waals surface area contributed by atoms with Crippen LogP contribution in [0.3, 0.4) is 0 Å². The Balaban J connectivity index is 2.09. The van der Waals surface area contributed by atoms with Crippen LogP contribution in [0.15, 0.2) is 21.2 Å². The zero-order chi connectivity index (χ0) is 17.7. The predicted octanol–water partition coefficient (Wildman–Crippen LogP) is 3.21. The second kappa shape index (κ2) is 8.10. The van der Waals surface area contributed by atoms with Crippen molar-refractivity contribution in [3.05, 3.63) is 28.3 Å². The first-order chi connectivity index (χ1) is 11.4. The van der Waals surface area contributed by atoms with E-state index in [9.17, 15) is 9.59 Å². The average molecular weight is 350 g/mol. The van der Waals surface area contributed by atoms with Gasteiger partial charge in [0.2, 0.25) is 11.8 Å². The Kier molecular flexibility index (Phi) is 6.14. The second-order valence-corrected chi connectivity index (χ2v) is 6.87. The molecule has 0 saturated heterocycles. The number of aryl methyl sites for hydroxylation is 1. The fourth-order valence-corrected chi connectivity index (χ4v) is 2.98. The van der Waals surface area contributed by atoms with Crippen molar-refractivity contribution < 1.29 is 19.1 Å². The zero-order valence-electron chi connectivity index (χ0n) is 14.1. The molecule has 1 N–H and O–H groups in total. The highest BCUT2D eigenvalue weighted by Crippen LogP contribution is 2.24. The van der Waals surface area contributed by atoms with Crippen molar-refractivity contribution in [2.75, 3.05) is 13.1 Å². The number of carboxylic acid groups (broad SMARTS) is 1. The molecule has 6 nitrogen and oxygen atoms in total. The Morgan fingerprint density at radius 2 is 2.17 bits per heavy atom. The smallest absolute Gasteiger partial charge is 0.305 e. The first-order valence-corrected chi connectivity index (χ1v) is 8.79. The van der Waals surface area contributed by atoms with Gasteiger partial charge in [-0.05, 0) is 24.3 Å². The van der Waals surface area contributed by atoms with E-state index in [1.807, 2.05) is 30.7 Å². The summed E-state index contributed by atoms with van der Waals surface area (Å²) in [4.78, 5) is 29.4. The molecule has 0 saturated carbocycles. The number of nitrogens with zero attached hydrogens (tertiary/aromatic N) is 2. The van der Waals surface area contributed by atoms with Crippen molar-refractivity contribution >= 4 is 23.2 Å². The molecule has 2 rings (SSSR count). The van der Waals surface area contributed by atoms with Crippen LogP contribution in [-0.2, 0) is 16.0 Å². The van der Waals surface area contributed by atoms with Crippen molar-refractivity contribution in [2.24, 2.45) is 5.92 Å². The van der Waals surface area contributed by atoms with Gasteiger partial charge in [-0.3, -0.25) is 9.59 Å². The summed E-state index contributed by atoms with van der Waals surface area (Å²) in [5, 5.41) is 12.7. The SMILES string of the molecule is Cc1oc(-c2ccsc2)nc1CC(=O)N(CCC(=O)O)CC(C)C. The highest BCUT2D eigenvalue weighted by atomic mass is 32.1. The molecule has 0 spiro atoms. The summed E-state index contributed by atoms with van der Waals surface area (Å²) in [6.45, 7) is 6.52. The molecule has 130 valence electrons. The Bertz CT molecular complexity index is 692. The maximum atomic E-state index is 12.6. The molecule has 0 aliphatic carbocycles. The van der Waals surface area contributed by atoms with Crippen LogP contribution in [0.1, 0.15) is 31.7 Å². The van der Waals surface area contributed by atoms with E-state index in [4.69, 9.17) is 9.52 Å². The van der Waals surface area contributed by atoms with Gasteiger partial charge in [0.15, 0.2) is 0 Å². The molecule has 0 unspecified atom stereocenters. The van der Waals surface area contributed by atoms with Gasteiger partial charge in [0.1, 0.15) is 5.76 Å². The minimum absolute atomic E-state index is 0.0591. The predicted molar refractivity (Wildman–Crippen MR) is 91.9 cm³/mol. The van der Waals surface area contributed by atoms with E-state index < -0.39 is 5.97 Å². The van der Waals surface area contributed by atoms with Gasteiger partial charge >= 0.3 is 5.97 Å². The minimum Gasteiger partial charge on any atom is -0.481 e. The number of carbonyl (C=O) groups is 2. The zero-order valence-corrected chi connectivity index (χ0v) is 14.9. The van der Waals surface area contributed by atoms with E-state index in [-0.39, 0.29) is 31.2 Å². The molecule has 0 atom stereocenters. The summed E-state index contributed by atoms with van der Waals surface area (Å²) in [7, 11) is 0. The molecule has 0 aliphatic rings. The largest absolute Gasteiger partial charge is 0.481 e.